The van der Waals surface area contributed by atoms with Gasteiger partial charge in [0.1, 0.15) is 0 Å². The zero-order valence-electron chi connectivity index (χ0n) is 14.2. The van der Waals surface area contributed by atoms with Gasteiger partial charge in [-0.2, -0.15) is 0 Å². The molecule has 0 radical (unpaired) electrons. The van der Waals surface area contributed by atoms with Crippen LogP contribution in [0, 0.1) is 0 Å². The van der Waals surface area contributed by atoms with Crippen LogP contribution in [0.1, 0.15) is 38.7 Å². The summed E-state index contributed by atoms with van der Waals surface area (Å²) >= 11 is 0. The van der Waals surface area contributed by atoms with Gasteiger partial charge in [0, 0.05) is 31.7 Å². The van der Waals surface area contributed by atoms with Gasteiger partial charge in [-0.05, 0) is 31.7 Å². The fraction of sp³-hybridized carbons (Fsp3) is 0.611. The minimum atomic E-state index is -0.330. The summed E-state index contributed by atoms with van der Waals surface area (Å²) in [7, 11) is 0. The number of rotatable bonds is 7. The van der Waals surface area contributed by atoms with Crippen LogP contribution >= 0.6 is 0 Å². The monoisotopic (exact) mass is 319 g/mol. The van der Waals surface area contributed by atoms with Crippen LogP contribution in [0.3, 0.4) is 0 Å². The lowest BCUT2D eigenvalue weighted by molar-refractivity contribution is 0.160. The van der Waals surface area contributed by atoms with Crippen LogP contribution in [0.2, 0.25) is 0 Å². The van der Waals surface area contributed by atoms with Crippen molar-refractivity contribution in [2.45, 2.75) is 57.8 Å². The molecule has 1 heterocycles. The lowest BCUT2D eigenvalue weighted by Crippen LogP contribution is -2.43. The highest BCUT2D eigenvalue weighted by Crippen LogP contribution is 2.20. The fourth-order valence-corrected chi connectivity index (χ4v) is 3.03. The van der Waals surface area contributed by atoms with E-state index in [9.17, 15) is 9.90 Å². The number of aliphatic hydroxyl groups excluding tert-OH is 1. The lowest BCUT2D eigenvalue weighted by atomic mass is 10.2. The molecule has 0 spiro atoms. The Hall–Kier alpha value is -1.59. The van der Waals surface area contributed by atoms with Gasteiger partial charge in [0.05, 0.1) is 6.10 Å². The highest BCUT2D eigenvalue weighted by atomic mass is 16.3. The number of hydrogen-bond acceptors (Lipinski definition) is 3. The average molecular weight is 319 g/mol. The zero-order valence-corrected chi connectivity index (χ0v) is 14.2. The molecular weight excluding hydrogens is 290 g/mol. The first-order valence-corrected chi connectivity index (χ1v) is 8.59. The van der Waals surface area contributed by atoms with Crippen molar-refractivity contribution in [1.82, 2.24) is 15.5 Å². The van der Waals surface area contributed by atoms with Gasteiger partial charge < -0.3 is 15.7 Å². The average Bonchev–Trinajstić information content (AvgIpc) is 2.87. The third-order valence-electron chi connectivity index (χ3n) is 4.50. The molecule has 1 aliphatic rings. The number of urea groups is 1. The first-order valence-electron chi connectivity index (χ1n) is 8.59. The number of carbonyl (C=O) groups is 1. The third-order valence-corrected chi connectivity index (χ3v) is 4.50. The highest BCUT2D eigenvalue weighted by Gasteiger charge is 2.29. The first kappa shape index (κ1) is 17.8. The molecule has 128 valence electrons. The predicted octanol–water partition coefficient (Wildman–Crippen LogP) is 2.11. The summed E-state index contributed by atoms with van der Waals surface area (Å²) < 4.78 is 0. The maximum Gasteiger partial charge on any atom is 0.315 e. The van der Waals surface area contributed by atoms with Crippen molar-refractivity contribution in [3.63, 3.8) is 0 Å². The van der Waals surface area contributed by atoms with Crippen molar-refractivity contribution in [3.05, 3.63) is 35.9 Å². The van der Waals surface area contributed by atoms with E-state index < -0.39 is 0 Å². The van der Waals surface area contributed by atoms with Crippen molar-refractivity contribution in [3.8, 4) is 0 Å². The summed E-state index contributed by atoms with van der Waals surface area (Å²) in [6, 6.07) is 10.9. The molecule has 2 amide bonds. The number of carbonyl (C=O) groups excluding carboxylic acids is 1. The predicted molar refractivity (Wildman–Crippen MR) is 92.2 cm³/mol. The second kappa shape index (κ2) is 8.89. The molecule has 3 N–H and O–H groups in total. The summed E-state index contributed by atoms with van der Waals surface area (Å²) in [6.07, 6.45) is 1.96. The van der Waals surface area contributed by atoms with E-state index in [1.165, 1.54) is 5.56 Å². The molecule has 1 aromatic carbocycles. The minimum Gasteiger partial charge on any atom is -0.393 e. The summed E-state index contributed by atoms with van der Waals surface area (Å²) in [5.74, 6) is 0. The van der Waals surface area contributed by atoms with Crippen molar-refractivity contribution >= 4 is 6.03 Å². The molecule has 3 unspecified atom stereocenters. The molecule has 0 bridgehead atoms. The highest BCUT2D eigenvalue weighted by molar-refractivity contribution is 5.74. The van der Waals surface area contributed by atoms with Gasteiger partial charge in [0.2, 0.25) is 0 Å². The van der Waals surface area contributed by atoms with E-state index in [1.54, 1.807) is 0 Å². The van der Waals surface area contributed by atoms with Crippen molar-refractivity contribution in [1.29, 1.82) is 0 Å². The molecule has 5 nitrogen and oxygen atoms in total. The lowest BCUT2D eigenvalue weighted by Gasteiger charge is -2.20. The van der Waals surface area contributed by atoms with E-state index in [2.05, 4.69) is 46.7 Å². The summed E-state index contributed by atoms with van der Waals surface area (Å²) in [5.41, 5.74) is 1.30. The molecule has 1 fully saturated rings. The van der Waals surface area contributed by atoms with Crippen LogP contribution in [0.5, 0.6) is 0 Å². The standard InChI is InChI=1S/C18H29N3O2/c1-3-17(22)9-10-19-18(23)20-16-11-14(2)21(13-16)12-15-7-5-4-6-8-15/h4-8,14,16-17,22H,3,9-13H2,1-2H3,(H2,19,20,23). The van der Waals surface area contributed by atoms with E-state index >= 15 is 0 Å². The number of likely N-dealkylation sites (tertiary alicyclic amines) is 1. The minimum absolute atomic E-state index is 0.132. The Morgan fingerprint density at radius 1 is 1.39 bits per heavy atom. The summed E-state index contributed by atoms with van der Waals surface area (Å²) in [5, 5.41) is 15.4. The van der Waals surface area contributed by atoms with Crippen LogP contribution in [-0.2, 0) is 6.54 Å². The van der Waals surface area contributed by atoms with Crippen molar-refractivity contribution in [2.75, 3.05) is 13.1 Å². The van der Waals surface area contributed by atoms with Crippen LogP contribution in [-0.4, -0.2) is 47.3 Å². The third kappa shape index (κ3) is 5.84. The van der Waals surface area contributed by atoms with Gasteiger partial charge in [0.15, 0.2) is 0 Å². The molecule has 1 aromatic rings. The van der Waals surface area contributed by atoms with E-state index in [0.29, 0.717) is 19.0 Å². The number of nitrogens with zero attached hydrogens (tertiary/aromatic N) is 1. The molecule has 1 saturated heterocycles. The Kier molecular flexibility index (Phi) is 6.86. The molecular formula is C18H29N3O2. The maximum absolute atomic E-state index is 11.9. The summed E-state index contributed by atoms with van der Waals surface area (Å²) in [6.45, 7) is 6.45. The molecule has 0 saturated carbocycles. The van der Waals surface area contributed by atoms with E-state index in [1.807, 2.05) is 13.0 Å². The Balaban J connectivity index is 1.72. The largest absolute Gasteiger partial charge is 0.393 e. The number of hydrogen-bond donors (Lipinski definition) is 3. The van der Waals surface area contributed by atoms with E-state index in [-0.39, 0.29) is 18.2 Å². The quantitative estimate of drug-likeness (QED) is 0.721. The SMILES string of the molecule is CCC(O)CCNC(=O)NC1CC(C)N(Cc2ccccc2)C1. The Morgan fingerprint density at radius 3 is 2.83 bits per heavy atom. The van der Waals surface area contributed by atoms with Gasteiger partial charge >= 0.3 is 6.03 Å². The molecule has 0 aliphatic carbocycles. The smallest absolute Gasteiger partial charge is 0.315 e. The zero-order chi connectivity index (χ0) is 16.7. The Bertz CT molecular complexity index is 480. The normalized spacial score (nSPS) is 22.7. The number of aliphatic hydroxyl groups is 1. The van der Waals surface area contributed by atoms with Gasteiger partial charge in [-0.25, -0.2) is 4.79 Å². The van der Waals surface area contributed by atoms with Crippen molar-refractivity contribution in [2.24, 2.45) is 0 Å². The molecule has 2 rings (SSSR count). The number of amides is 2. The molecule has 3 atom stereocenters. The van der Waals surface area contributed by atoms with Gasteiger partial charge in [-0.3, -0.25) is 4.90 Å². The van der Waals surface area contributed by atoms with E-state index in [0.717, 1.165) is 25.9 Å². The van der Waals surface area contributed by atoms with E-state index in [4.69, 9.17) is 0 Å². The Morgan fingerprint density at radius 2 is 2.13 bits per heavy atom. The molecule has 23 heavy (non-hydrogen) atoms. The van der Waals surface area contributed by atoms with Crippen LogP contribution < -0.4 is 10.6 Å². The van der Waals surface area contributed by atoms with Crippen LogP contribution in [0.4, 0.5) is 4.79 Å². The van der Waals surface area contributed by atoms with Crippen LogP contribution in [0.25, 0.3) is 0 Å². The van der Waals surface area contributed by atoms with Crippen LogP contribution in [0.15, 0.2) is 30.3 Å². The maximum atomic E-state index is 11.9. The van der Waals surface area contributed by atoms with Gasteiger partial charge in [-0.15, -0.1) is 0 Å². The molecule has 5 heteroatoms. The van der Waals surface area contributed by atoms with Crippen molar-refractivity contribution < 1.29 is 9.90 Å². The van der Waals surface area contributed by atoms with Gasteiger partial charge in [-0.1, -0.05) is 37.3 Å². The number of nitrogens with one attached hydrogen (secondary N) is 2. The first-order chi connectivity index (χ1) is 11.1. The van der Waals surface area contributed by atoms with Gasteiger partial charge in [0.25, 0.3) is 0 Å². The fourth-order valence-electron chi connectivity index (χ4n) is 3.03. The number of benzene rings is 1. The molecule has 0 aromatic heterocycles. The topological polar surface area (TPSA) is 64.6 Å². The molecule has 1 aliphatic heterocycles. The second-order valence-electron chi connectivity index (χ2n) is 6.45. The Labute approximate surface area is 139 Å². The summed E-state index contributed by atoms with van der Waals surface area (Å²) in [4.78, 5) is 14.3. The second-order valence-corrected chi connectivity index (χ2v) is 6.45.